The van der Waals surface area contributed by atoms with Crippen molar-refractivity contribution >= 4 is 29.0 Å². The third-order valence-corrected chi connectivity index (χ3v) is 5.15. The Balaban J connectivity index is 1.46. The second-order valence-corrected chi connectivity index (χ2v) is 7.04. The van der Waals surface area contributed by atoms with Crippen LogP contribution in [0.5, 0.6) is 0 Å². The third-order valence-electron chi connectivity index (χ3n) is 3.57. The molecule has 1 aliphatic rings. The number of thioether (sulfide) groups is 1. The Morgan fingerprint density at radius 2 is 2.42 bits per heavy atom. The van der Waals surface area contributed by atoms with Crippen molar-refractivity contribution in [2.45, 2.75) is 30.2 Å². The van der Waals surface area contributed by atoms with E-state index in [9.17, 15) is 4.79 Å². The van der Waals surface area contributed by atoms with E-state index in [0.717, 1.165) is 17.1 Å². The summed E-state index contributed by atoms with van der Waals surface area (Å²) in [6.07, 6.45) is 2.33. The van der Waals surface area contributed by atoms with Gasteiger partial charge in [0, 0.05) is 18.2 Å². The van der Waals surface area contributed by atoms with Crippen molar-refractivity contribution in [3.63, 3.8) is 0 Å². The van der Waals surface area contributed by atoms with Crippen LogP contribution in [-0.2, 0) is 20.9 Å². The lowest BCUT2D eigenvalue weighted by atomic mass is 10.1. The third kappa shape index (κ3) is 5.27. The van der Waals surface area contributed by atoms with Gasteiger partial charge in [0.1, 0.15) is 6.10 Å². The molecule has 0 spiro atoms. The van der Waals surface area contributed by atoms with Gasteiger partial charge in [0.2, 0.25) is 5.91 Å². The molecular formula is C16H19N3O3S2. The van der Waals surface area contributed by atoms with Gasteiger partial charge in [-0.3, -0.25) is 4.79 Å². The summed E-state index contributed by atoms with van der Waals surface area (Å²) in [5.41, 5.74) is 2.69. The van der Waals surface area contributed by atoms with E-state index in [2.05, 4.69) is 15.3 Å². The van der Waals surface area contributed by atoms with Gasteiger partial charge < -0.3 is 14.8 Å². The highest BCUT2D eigenvalue weighted by Crippen LogP contribution is 2.16. The molecule has 1 N–H and O–H groups in total. The van der Waals surface area contributed by atoms with Crippen molar-refractivity contribution in [1.29, 1.82) is 0 Å². The molecule has 6 nitrogen and oxygen atoms in total. The largest absolute Gasteiger partial charge is 0.379 e. The molecule has 0 radical (unpaired) electrons. The molecule has 2 aromatic heterocycles. The number of amides is 1. The molecule has 3 heterocycles. The van der Waals surface area contributed by atoms with Gasteiger partial charge in [-0.1, -0.05) is 17.8 Å². The van der Waals surface area contributed by atoms with Crippen LogP contribution in [0.3, 0.4) is 0 Å². The molecule has 128 valence electrons. The number of carbonyl (C=O) groups is 1. The molecule has 0 bridgehead atoms. The SMILES string of the molecule is O=C(CSc1ccccn1)N[C@@H]1CCOC[C@H]1OCc1cscn1. The number of hydrogen-bond donors (Lipinski definition) is 1. The molecule has 0 unspecified atom stereocenters. The van der Waals surface area contributed by atoms with Crippen LogP contribution in [0.15, 0.2) is 40.3 Å². The zero-order chi connectivity index (χ0) is 16.6. The lowest BCUT2D eigenvalue weighted by molar-refractivity contribution is -0.124. The fraction of sp³-hybridized carbons (Fsp3) is 0.438. The van der Waals surface area contributed by atoms with Gasteiger partial charge in [-0.25, -0.2) is 9.97 Å². The van der Waals surface area contributed by atoms with Crippen LogP contribution < -0.4 is 5.32 Å². The van der Waals surface area contributed by atoms with Gasteiger partial charge in [-0.2, -0.15) is 0 Å². The van der Waals surface area contributed by atoms with Crippen molar-refractivity contribution in [3.05, 3.63) is 41.0 Å². The number of ether oxygens (including phenoxy) is 2. The number of thiazole rings is 1. The maximum absolute atomic E-state index is 12.2. The number of nitrogens with zero attached hydrogens (tertiary/aromatic N) is 2. The molecule has 2 aromatic rings. The molecule has 2 atom stereocenters. The van der Waals surface area contributed by atoms with Crippen molar-refractivity contribution in [1.82, 2.24) is 15.3 Å². The first-order valence-electron chi connectivity index (χ1n) is 7.71. The Morgan fingerprint density at radius 3 is 3.21 bits per heavy atom. The van der Waals surface area contributed by atoms with E-state index < -0.39 is 0 Å². The zero-order valence-electron chi connectivity index (χ0n) is 13.1. The summed E-state index contributed by atoms with van der Waals surface area (Å²) >= 11 is 2.97. The van der Waals surface area contributed by atoms with E-state index in [-0.39, 0.29) is 18.1 Å². The van der Waals surface area contributed by atoms with E-state index in [0.29, 0.717) is 25.6 Å². The minimum Gasteiger partial charge on any atom is -0.379 e. The molecule has 0 aliphatic carbocycles. The Kier molecular flexibility index (Phi) is 6.59. The average molecular weight is 365 g/mol. The van der Waals surface area contributed by atoms with Crippen molar-refractivity contribution in [3.8, 4) is 0 Å². The Morgan fingerprint density at radius 1 is 1.46 bits per heavy atom. The highest BCUT2D eigenvalue weighted by molar-refractivity contribution is 7.99. The van der Waals surface area contributed by atoms with Gasteiger partial charge in [-0.15, -0.1) is 11.3 Å². The Labute approximate surface area is 149 Å². The van der Waals surface area contributed by atoms with Crippen LogP contribution in [0.1, 0.15) is 12.1 Å². The van der Waals surface area contributed by atoms with Gasteiger partial charge in [-0.05, 0) is 18.6 Å². The van der Waals surface area contributed by atoms with E-state index >= 15 is 0 Å². The topological polar surface area (TPSA) is 73.3 Å². The number of carbonyl (C=O) groups excluding carboxylic acids is 1. The zero-order valence-corrected chi connectivity index (χ0v) is 14.7. The molecule has 1 aliphatic heterocycles. The summed E-state index contributed by atoms with van der Waals surface area (Å²) < 4.78 is 11.4. The van der Waals surface area contributed by atoms with Crippen molar-refractivity contribution in [2.24, 2.45) is 0 Å². The minimum absolute atomic E-state index is 0.0141. The van der Waals surface area contributed by atoms with Crippen LogP contribution >= 0.6 is 23.1 Å². The lowest BCUT2D eigenvalue weighted by Gasteiger charge is -2.31. The molecular weight excluding hydrogens is 346 g/mol. The Bertz CT molecular complexity index is 625. The summed E-state index contributed by atoms with van der Waals surface area (Å²) in [5, 5.41) is 5.86. The monoisotopic (exact) mass is 365 g/mol. The molecule has 1 fully saturated rings. The van der Waals surface area contributed by atoms with Crippen molar-refractivity contribution < 1.29 is 14.3 Å². The normalized spacial score (nSPS) is 20.7. The summed E-state index contributed by atoms with van der Waals surface area (Å²) in [7, 11) is 0. The quantitative estimate of drug-likeness (QED) is 0.758. The summed E-state index contributed by atoms with van der Waals surface area (Å²) in [6.45, 7) is 1.56. The van der Waals surface area contributed by atoms with E-state index in [1.54, 1.807) is 23.0 Å². The Hall–Kier alpha value is -1.48. The fourth-order valence-corrected chi connectivity index (χ4v) is 3.58. The summed E-state index contributed by atoms with van der Waals surface area (Å²) in [5.74, 6) is 0.326. The van der Waals surface area contributed by atoms with Crippen LogP contribution in [0, 0.1) is 0 Å². The second-order valence-electron chi connectivity index (χ2n) is 5.32. The first-order chi connectivity index (χ1) is 11.8. The number of pyridine rings is 1. The fourth-order valence-electron chi connectivity index (χ4n) is 2.36. The van der Waals surface area contributed by atoms with E-state index in [4.69, 9.17) is 9.47 Å². The molecule has 24 heavy (non-hydrogen) atoms. The van der Waals surface area contributed by atoms with Gasteiger partial charge in [0.25, 0.3) is 0 Å². The molecule has 8 heteroatoms. The molecule has 0 aromatic carbocycles. The van der Waals surface area contributed by atoms with Gasteiger partial charge in [0.05, 0.1) is 41.2 Å². The molecule has 0 saturated carbocycles. The standard InChI is InChI=1S/C16H19N3O3S2/c20-15(10-24-16-3-1-2-5-17-16)19-13-4-6-21-8-14(13)22-7-12-9-23-11-18-12/h1-3,5,9,11,13-14H,4,6-8,10H2,(H,19,20)/t13-,14-/m1/s1. The highest BCUT2D eigenvalue weighted by Gasteiger charge is 2.28. The lowest BCUT2D eigenvalue weighted by Crippen LogP contribution is -2.50. The molecule has 3 rings (SSSR count). The number of nitrogens with one attached hydrogen (secondary N) is 1. The average Bonchev–Trinajstić information content (AvgIpc) is 3.14. The minimum atomic E-state index is -0.149. The smallest absolute Gasteiger partial charge is 0.230 e. The van der Waals surface area contributed by atoms with Gasteiger partial charge in [0.15, 0.2) is 0 Å². The van der Waals surface area contributed by atoms with Crippen LogP contribution in [-0.4, -0.2) is 47.0 Å². The first-order valence-corrected chi connectivity index (χ1v) is 9.64. The first kappa shape index (κ1) is 17.3. The predicted molar refractivity (Wildman–Crippen MR) is 93.0 cm³/mol. The summed E-state index contributed by atoms with van der Waals surface area (Å²) in [4.78, 5) is 20.6. The predicted octanol–water partition coefficient (Wildman–Crippen LogP) is 2.12. The maximum atomic E-state index is 12.2. The summed E-state index contributed by atoms with van der Waals surface area (Å²) in [6, 6.07) is 5.63. The van der Waals surface area contributed by atoms with E-state index in [1.165, 1.54) is 11.8 Å². The second kappa shape index (κ2) is 9.12. The molecule has 1 amide bonds. The number of rotatable bonds is 7. The van der Waals surface area contributed by atoms with Crippen LogP contribution in [0.25, 0.3) is 0 Å². The maximum Gasteiger partial charge on any atom is 0.230 e. The van der Waals surface area contributed by atoms with E-state index in [1.807, 2.05) is 23.6 Å². The highest BCUT2D eigenvalue weighted by atomic mass is 32.2. The van der Waals surface area contributed by atoms with Crippen molar-refractivity contribution in [2.75, 3.05) is 19.0 Å². The molecule has 1 saturated heterocycles. The number of aromatic nitrogens is 2. The van der Waals surface area contributed by atoms with Crippen LogP contribution in [0.4, 0.5) is 0 Å². The van der Waals surface area contributed by atoms with Crippen LogP contribution in [0.2, 0.25) is 0 Å². The number of hydrogen-bond acceptors (Lipinski definition) is 7. The van der Waals surface area contributed by atoms with Gasteiger partial charge >= 0.3 is 0 Å².